The number of nitrogens with zero attached hydrogens (tertiary/aromatic N) is 5. The molecule has 1 saturated heterocycles. The fraction of sp³-hybridized carbons (Fsp3) is 0.250. The van der Waals surface area contributed by atoms with Gasteiger partial charge in [-0.05, 0) is 24.6 Å². The van der Waals surface area contributed by atoms with E-state index in [1.165, 1.54) is 6.21 Å². The smallest absolute Gasteiger partial charge is 0.180 e. The summed E-state index contributed by atoms with van der Waals surface area (Å²) in [7, 11) is 0. The van der Waals surface area contributed by atoms with Crippen LogP contribution in [-0.2, 0) is 4.74 Å². The minimum Gasteiger partial charge on any atom is -0.398 e. The summed E-state index contributed by atoms with van der Waals surface area (Å²) >= 11 is 0. The lowest BCUT2D eigenvalue weighted by Gasteiger charge is -2.33. The van der Waals surface area contributed by atoms with Gasteiger partial charge in [-0.1, -0.05) is 19.1 Å². The van der Waals surface area contributed by atoms with Gasteiger partial charge < -0.3 is 30.5 Å². The summed E-state index contributed by atoms with van der Waals surface area (Å²) < 4.78 is 7.69. The van der Waals surface area contributed by atoms with Crippen LogP contribution in [0.5, 0.6) is 0 Å². The van der Waals surface area contributed by atoms with Crippen LogP contribution in [0.2, 0.25) is 0 Å². The number of morpholine rings is 1. The number of aromatic nitrogens is 4. The summed E-state index contributed by atoms with van der Waals surface area (Å²) in [6, 6.07) is 9.58. The maximum atomic E-state index is 7.45. The number of anilines is 4. The van der Waals surface area contributed by atoms with E-state index in [9.17, 15) is 0 Å². The average Bonchev–Trinajstić information content (AvgIpc) is 3.34. The number of rotatable bonds is 6. The van der Waals surface area contributed by atoms with Gasteiger partial charge in [0.2, 0.25) is 0 Å². The van der Waals surface area contributed by atoms with Crippen LogP contribution in [0.15, 0.2) is 55.1 Å². The Morgan fingerprint density at radius 3 is 2.94 bits per heavy atom. The molecule has 0 bridgehead atoms. The van der Waals surface area contributed by atoms with E-state index in [-0.39, 0.29) is 6.10 Å². The molecule has 4 heterocycles. The second-order valence-electron chi connectivity index (χ2n) is 8.00. The third-order valence-electron chi connectivity index (χ3n) is 5.84. The lowest BCUT2D eigenvalue weighted by Crippen LogP contribution is -2.42. The number of imidazole rings is 1. The number of pyridine rings is 1. The van der Waals surface area contributed by atoms with Gasteiger partial charge in [0.25, 0.3) is 0 Å². The van der Waals surface area contributed by atoms with Crippen molar-refractivity contribution in [3.05, 3.63) is 60.7 Å². The molecule has 9 heteroatoms. The molecule has 0 aliphatic carbocycles. The largest absolute Gasteiger partial charge is 0.398 e. The molecule has 0 amide bonds. The SMILES string of the molecule is CCC1CN(c2ccc(Nc3nc(-c4ccc(C=N)c(N)c4)cn4ccnc34)cn2)CCO1. The van der Waals surface area contributed by atoms with Gasteiger partial charge in [0.1, 0.15) is 5.82 Å². The fourth-order valence-electron chi connectivity index (χ4n) is 3.98. The van der Waals surface area contributed by atoms with E-state index in [0.29, 0.717) is 22.7 Å². The second-order valence-corrected chi connectivity index (χ2v) is 8.00. The highest BCUT2D eigenvalue weighted by atomic mass is 16.5. The van der Waals surface area contributed by atoms with Crippen LogP contribution in [0, 0.1) is 5.41 Å². The molecule has 1 unspecified atom stereocenters. The van der Waals surface area contributed by atoms with Crippen molar-refractivity contribution >= 4 is 34.9 Å². The Hall–Kier alpha value is -3.98. The molecule has 33 heavy (non-hydrogen) atoms. The molecule has 5 rings (SSSR count). The Kier molecular flexibility index (Phi) is 5.62. The molecular formula is C24H26N8O. The quantitative estimate of drug-likeness (QED) is 0.308. The lowest BCUT2D eigenvalue weighted by molar-refractivity contribution is 0.0382. The van der Waals surface area contributed by atoms with Crippen LogP contribution >= 0.6 is 0 Å². The molecule has 1 aliphatic heterocycles. The highest BCUT2D eigenvalue weighted by Crippen LogP contribution is 2.27. The van der Waals surface area contributed by atoms with Crippen LogP contribution in [0.25, 0.3) is 16.9 Å². The first kappa shape index (κ1) is 20.9. The van der Waals surface area contributed by atoms with Gasteiger partial charge in [-0.2, -0.15) is 0 Å². The number of ether oxygens (including phenoxy) is 1. The molecule has 0 radical (unpaired) electrons. The second kappa shape index (κ2) is 8.87. The zero-order valence-corrected chi connectivity index (χ0v) is 18.4. The van der Waals surface area contributed by atoms with Gasteiger partial charge in [0.05, 0.1) is 30.3 Å². The van der Waals surface area contributed by atoms with Crippen LogP contribution in [-0.4, -0.2) is 51.4 Å². The number of fused-ring (bicyclic) bond motifs is 1. The Bertz CT molecular complexity index is 1280. The highest BCUT2D eigenvalue weighted by Gasteiger charge is 2.20. The molecule has 1 aliphatic rings. The summed E-state index contributed by atoms with van der Waals surface area (Å²) in [6.07, 6.45) is 9.84. The van der Waals surface area contributed by atoms with Crippen molar-refractivity contribution in [1.82, 2.24) is 19.4 Å². The Morgan fingerprint density at radius 2 is 2.18 bits per heavy atom. The van der Waals surface area contributed by atoms with Gasteiger partial charge in [0, 0.05) is 54.7 Å². The topological polar surface area (TPSA) is 117 Å². The zero-order chi connectivity index (χ0) is 22.8. The number of hydrogen-bond acceptors (Lipinski definition) is 8. The predicted octanol–water partition coefficient (Wildman–Crippen LogP) is 3.73. The molecule has 1 aromatic carbocycles. The van der Waals surface area contributed by atoms with Gasteiger partial charge in [-0.15, -0.1) is 0 Å². The Balaban J connectivity index is 1.42. The van der Waals surface area contributed by atoms with Crippen molar-refractivity contribution in [2.75, 3.05) is 35.6 Å². The fourth-order valence-corrected chi connectivity index (χ4v) is 3.98. The molecule has 9 nitrogen and oxygen atoms in total. The van der Waals surface area contributed by atoms with E-state index in [1.54, 1.807) is 6.20 Å². The number of nitrogens with one attached hydrogen (secondary N) is 2. The monoisotopic (exact) mass is 442 g/mol. The van der Waals surface area contributed by atoms with E-state index >= 15 is 0 Å². The van der Waals surface area contributed by atoms with E-state index in [4.69, 9.17) is 20.9 Å². The van der Waals surface area contributed by atoms with Gasteiger partial charge in [0.15, 0.2) is 11.5 Å². The van der Waals surface area contributed by atoms with Crippen molar-refractivity contribution < 1.29 is 4.74 Å². The zero-order valence-electron chi connectivity index (χ0n) is 18.4. The Morgan fingerprint density at radius 1 is 1.27 bits per heavy atom. The summed E-state index contributed by atoms with van der Waals surface area (Å²) in [5.74, 6) is 1.57. The van der Waals surface area contributed by atoms with Gasteiger partial charge in [-0.3, -0.25) is 0 Å². The number of hydrogen-bond donors (Lipinski definition) is 3. The van der Waals surface area contributed by atoms with Crippen LogP contribution in [0.1, 0.15) is 18.9 Å². The summed E-state index contributed by atoms with van der Waals surface area (Å²) in [5, 5.41) is 10.8. The van der Waals surface area contributed by atoms with Crippen molar-refractivity contribution in [1.29, 1.82) is 5.41 Å². The van der Waals surface area contributed by atoms with Crippen molar-refractivity contribution in [3.8, 4) is 11.3 Å². The third-order valence-corrected chi connectivity index (χ3v) is 5.84. The van der Waals surface area contributed by atoms with Crippen LogP contribution in [0.3, 0.4) is 0 Å². The van der Waals surface area contributed by atoms with E-state index in [1.807, 2.05) is 53.3 Å². The molecular weight excluding hydrogens is 416 g/mol. The van der Waals surface area contributed by atoms with Gasteiger partial charge >= 0.3 is 0 Å². The summed E-state index contributed by atoms with van der Waals surface area (Å²) in [5.41, 5.74) is 10.4. The molecule has 4 N–H and O–H groups in total. The van der Waals surface area contributed by atoms with E-state index in [0.717, 1.165) is 48.9 Å². The van der Waals surface area contributed by atoms with Crippen LogP contribution in [0.4, 0.5) is 23.0 Å². The number of nitrogen functional groups attached to an aromatic ring is 1. The van der Waals surface area contributed by atoms with Gasteiger partial charge in [-0.25, -0.2) is 15.0 Å². The lowest BCUT2D eigenvalue weighted by atomic mass is 10.1. The average molecular weight is 443 g/mol. The molecule has 1 atom stereocenters. The first-order valence-electron chi connectivity index (χ1n) is 11.0. The number of benzene rings is 1. The molecule has 0 spiro atoms. The van der Waals surface area contributed by atoms with E-state index in [2.05, 4.69) is 27.1 Å². The minimum absolute atomic E-state index is 0.251. The maximum Gasteiger partial charge on any atom is 0.180 e. The highest BCUT2D eigenvalue weighted by molar-refractivity contribution is 5.87. The minimum atomic E-state index is 0.251. The van der Waals surface area contributed by atoms with E-state index < -0.39 is 0 Å². The third kappa shape index (κ3) is 4.22. The molecule has 168 valence electrons. The molecule has 0 saturated carbocycles. The summed E-state index contributed by atoms with van der Waals surface area (Å²) in [6.45, 7) is 4.56. The van der Waals surface area contributed by atoms with Crippen molar-refractivity contribution in [2.24, 2.45) is 0 Å². The van der Waals surface area contributed by atoms with Crippen LogP contribution < -0.4 is 16.0 Å². The normalized spacial score (nSPS) is 16.2. The molecule has 4 aromatic rings. The van der Waals surface area contributed by atoms with Crippen molar-refractivity contribution in [3.63, 3.8) is 0 Å². The van der Waals surface area contributed by atoms with Crippen molar-refractivity contribution in [2.45, 2.75) is 19.4 Å². The Labute approximate surface area is 191 Å². The standard InChI is InChI=1S/C24H26N8O/c1-2-19-14-31(9-10-33-19)22-6-5-18(13-28-22)29-23-24-27-7-8-32(24)15-21(30-23)16-3-4-17(12-25)20(26)11-16/h3-8,11-13,15,19,25H,2,9-10,14,26H2,1H3,(H,29,30). The number of nitrogens with two attached hydrogens (primary N) is 1. The molecule has 3 aromatic heterocycles. The predicted molar refractivity (Wildman–Crippen MR) is 130 cm³/mol. The summed E-state index contributed by atoms with van der Waals surface area (Å²) in [4.78, 5) is 16.2. The first-order valence-corrected chi connectivity index (χ1v) is 11.0. The maximum absolute atomic E-state index is 7.45. The molecule has 1 fully saturated rings. The first-order chi connectivity index (χ1) is 16.1.